The Morgan fingerprint density at radius 3 is 2.44 bits per heavy atom. The highest BCUT2D eigenvalue weighted by molar-refractivity contribution is 9.10. The number of aromatic nitrogens is 1. The van der Waals surface area contributed by atoms with Gasteiger partial charge in [-0.25, -0.2) is 0 Å². The van der Waals surface area contributed by atoms with E-state index in [2.05, 4.69) is 34.8 Å². The highest BCUT2D eigenvalue weighted by atomic mass is 79.9. The molecule has 0 atom stereocenters. The second-order valence-electron chi connectivity index (χ2n) is 4.97. The van der Waals surface area contributed by atoms with Gasteiger partial charge in [0.15, 0.2) is 17.3 Å². The first kappa shape index (κ1) is 20.0. The molecule has 0 spiro atoms. The van der Waals surface area contributed by atoms with Gasteiger partial charge in [-0.05, 0) is 47.0 Å². The summed E-state index contributed by atoms with van der Waals surface area (Å²) in [5, 5.41) is 0. The van der Waals surface area contributed by atoms with Crippen LogP contribution in [0.25, 0.3) is 11.3 Å². The first-order valence-electron chi connectivity index (χ1n) is 7.76. The molecule has 0 amide bonds. The Hall–Kier alpha value is -1.32. The summed E-state index contributed by atoms with van der Waals surface area (Å²) in [5.41, 5.74) is 5.70. The fourth-order valence-corrected chi connectivity index (χ4v) is 3.18. The van der Waals surface area contributed by atoms with E-state index in [-0.39, 0.29) is 10.5 Å². The summed E-state index contributed by atoms with van der Waals surface area (Å²) in [6.45, 7) is 4.16. The van der Waals surface area contributed by atoms with Gasteiger partial charge in [-0.2, -0.15) is 4.98 Å². The van der Waals surface area contributed by atoms with Crippen LogP contribution < -0.4 is 19.7 Å². The van der Waals surface area contributed by atoms with Gasteiger partial charge < -0.3 is 18.5 Å². The molecule has 2 N–H and O–H groups in total. The van der Waals surface area contributed by atoms with Gasteiger partial charge in [0.05, 0.1) is 24.1 Å². The molecule has 2 aromatic rings. The number of rotatable bonds is 9. The topological polar surface area (TPSA) is 87.6 Å². The monoisotopic (exact) mass is 446 g/mol. The highest BCUT2D eigenvalue weighted by Gasteiger charge is 2.16. The van der Waals surface area contributed by atoms with Crippen molar-refractivity contribution in [3.05, 3.63) is 33.0 Å². The van der Waals surface area contributed by atoms with Crippen molar-refractivity contribution in [2.45, 2.75) is 26.7 Å². The molecule has 9 heteroatoms. The molecule has 0 aliphatic rings. The quantitative estimate of drug-likeness (QED) is 0.428. The largest absolute Gasteiger partial charge is 0.424 e. The number of hydrogen-bond donors (Lipinski definition) is 1. The van der Waals surface area contributed by atoms with Crippen LogP contribution in [0.15, 0.2) is 31.9 Å². The Bertz CT molecular complexity index is 770. The van der Waals surface area contributed by atoms with E-state index < -0.39 is 5.56 Å². The predicted octanol–water partition coefficient (Wildman–Crippen LogP) is 4.92. The maximum Gasteiger partial charge on any atom is 0.295 e. The molecule has 25 heavy (non-hydrogen) atoms. The summed E-state index contributed by atoms with van der Waals surface area (Å²) in [7, 11) is 0. The zero-order valence-electron chi connectivity index (χ0n) is 13.9. The molecular formula is C16H19BrN2O4S2. The van der Waals surface area contributed by atoms with Gasteiger partial charge in [-0.1, -0.05) is 13.8 Å². The van der Waals surface area contributed by atoms with Crippen LogP contribution >= 0.6 is 40.0 Å². The maximum absolute atomic E-state index is 11.8. The van der Waals surface area contributed by atoms with Crippen molar-refractivity contribution < 1.29 is 12.8 Å². The Morgan fingerprint density at radius 1 is 1.16 bits per heavy atom. The molecule has 0 fully saturated rings. The second kappa shape index (κ2) is 9.98. The van der Waals surface area contributed by atoms with Gasteiger partial charge in [0, 0.05) is 17.1 Å². The second-order valence-corrected chi connectivity index (χ2v) is 7.39. The standard InChI is InChI=1S/C16H19BrN2O4S2/c1-3-7-24-22-11-6-5-10(9-12(11)23-25-8-4-2)14-13(17)15(20)19-16(18)21-14/h5-6,9H,3-4,7-8H2,1-2H3,(H2,18,19,20). The van der Waals surface area contributed by atoms with Crippen molar-refractivity contribution >= 4 is 46.0 Å². The highest BCUT2D eigenvalue weighted by Crippen LogP contribution is 2.38. The average Bonchev–Trinajstić information content (AvgIpc) is 2.59. The molecule has 1 aromatic carbocycles. The lowest BCUT2D eigenvalue weighted by atomic mass is 10.1. The summed E-state index contributed by atoms with van der Waals surface area (Å²) in [6, 6.07) is 5.13. The zero-order valence-corrected chi connectivity index (χ0v) is 17.1. The van der Waals surface area contributed by atoms with E-state index in [4.69, 9.17) is 18.5 Å². The fraction of sp³-hybridized carbons (Fsp3) is 0.375. The molecule has 2 rings (SSSR count). The van der Waals surface area contributed by atoms with E-state index in [9.17, 15) is 4.79 Å². The first-order chi connectivity index (χ1) is 12.1. The van der Waals surface area contributed by atoms with Crippen LogP contribution in [0.5, 0.6) is 11.5 Å². The maximum atomic E-state index is 11.8. The smallest absolute Gasteiger partial charge is 0.295 e. The van der Waals surface area contributed by atoms with Crippen LogP contribution in [0, 0.1) is 0 Å². The number of nitrogens with two attached hydrogens (primary N) is 1. The molecule has 0 radical (unpaired) electrons. The van der Waals surface area contributed by atoms with Crippen molar-refractivity contribution in [2.75, 3.05) is 17.2 Å². The van der Waals surface area contributed by atoms with E-state index in [1.165, 1.54) is 24.1 Å². The van der Waals surface area contributed by atoms with Gasteiger partial charge in [-0.15, -0.1) is 0 Å². The number of nitrogens with zero attached hydrogens (tertiary/aromatic N) is 1. The fourth-order valence-electron chi connectivity index (χ4n) is 1.76. The molecule has 0 aliphatic carbocycles. The third-order valence-electron chi connectivity index (χ3n) is 2.88. The summed E-state index contributed by atoms with van der Waals surface area (Å²) in [6.07, 6.45) is 2.00. The minimum atomic E-state index is -0.486. The van der Waals surface area contributed by atoms with Crippen LogP contribution in [0.2, 0.25) is 0 Å². The molecular weight excluding hydrogens is 428 g/mol. The molecule has 1 heterocycles. The summed E-state index contributed by atoms with van der Waals surface area (Å²) >= 11 is 5.91. The number of hydrogen-bond acceptors (Lipinski definition) is 8. The number of nitrogen functional groups attached to an aromatic ring is 1. The number of anilines is 1. The third kappa shape index (κ3) is 5.58. The minimum Gasteiger partial charge on any atom is -0.424 e. The predicted molar refractivity (Wildman–Crippen MR) is 107 cm³/mol. The molecule has 1 aromatic heterocycles. The molecule has 6 nitrogen and oxygen atoms in total. The van der Waals surface area contributed by atoms with Crippen LogP contribution in [-0.4, -0.2) is 16.5 Å². The Morgan fingerprint density at radius 2 is 1.80 bits per heavy atom. The van der Waals surface area contributed by atoms with E-state index in [0.717, 1.165) is 24.3 Å². The Labute approximate surface area is 163 Å². The van der Waals surface area contributed by atoms with Gasteiger partial charge in [0.2, 0.25) is 0 Å². The lowest BCUT2D eigenvalue weighted by molar-refractivity contribution is 0.555. The van der Waals surface area contributed by atoms with Crippen LogP contribution in [0.3, 0.4) is 0 Å². The van der Waals surface area contributed by atoms with Crippen LogP contribution in [-0.2, 0) is 0 Å². The van der Waals surface area contributed by atoms with Crippen molar-refractivity contribution in [1.29, 1.82) is 0 Å². The summed E-state index contributed by atoms with van der Waals surface area (Å²) in [4.78, 5) is 15.4. The number of benzene rings is 1. The molecule has 0 saturated carbocycles. The van der Waals surface area contributed by atoms with E-state index >= 15 is 0 Å². The third-order valence-corrected chi connectivity index (χ3v) is 5.33. The Balaban J connectivity index is 2.36. The average molecular weight is 447 g/mol. The first-order valence-corrected chi connectivity index (χ1v) is 10.4. The lowest BCUT2D eigenvalue weighted by Gasteiger charge is -2.12. The summed E-state index contributed by atoms with van der Waals surface area (Å²) in [5.74, 6) is 3.21. The van der Waals surface area contributed by atoms with Crippen LogP contribution in [0.1, 0.15) is 26.7 Å². The van der Waals surface area contributed by atoms with Gasteiger partial charge in [0.1, 0.15) is 4.47 Å². The Kier molecular flexibility index (Phi) is 7.98. The van der Waals surface area contributed by atoms with E-state index in [1.807, 2.05) is 0 Å². The molecule has 136 valence electrons. The van der Waals surface area contributed by atoms with Gasteiger partial charge >= 0.3 is 0 Å². The summed E-state index contributed by atoms with van der Waals surface area (Å²) < 4.78 is 17.1. The normalized spacial score (nSPS) is 10.7. The molecule has 0 saturated heterocycles. The van der Waals surface area contributed by atoms with Gasteiger partial charge in [-0.3, -0.25) is 4.79 Å². The SMILES string of the molecule is CCCSOc1ccc(-c2oc(N)nc(=O)c2Br)cc1OSCCC. The minimum absolute atomic E-state index is 0.190. The van der Waals surface area contributed by atoms with Crippen molar-refractivity contribution in [3.63, 3.8) is 0 Å². The van der Waals surface area contributed by atoms with Crippen molar-refractivity contribution in [1.82, 2.24) is 4.98 Å². The lowest BCUT2D eigenvalue weighted by Crippen LogP contribution is -2.10. The van der Waals surface area contributed by atoms with Crippen molar-refractivity contribution in [2.24, 2.45) is 0 Å². The molecule has 0 aliphatic heterocycles. The molecule has 0 unspecified atom stereocenters. The van der Waals surface area contributed by atoms with Crippen molar-refractivity contribution in [3.8, 4) is 22.8 Å². The van der Waals surface area contributed by atoms with E-state index in [0.29, 0.717) is 22.8 Å². The molecule has 0 bridgehead atoms. The van der Waals surface area contributed by atoms with Gasteiger partial charge in [0.25, 0.3) is 11.6 Å². The number of halogens is 1. The zero-order chi connectivity index (χ0) is 18.2. The van der Waals surface area contributed by atoms with E-state index in [1.54, 1.807) is 18.2 Å². The van der Waals surface area contributed by atoms with Crippen LogP contribution in [0.4, 0.5) is 6.01 Å².